The third-order valence-corrected chi connectivity index (χ3v) is 12.4. The molecular weight excluding hydrogens is 840 g/mol. The maximum atomic E-state index is 14.1. The maximum absolute atomic E-state index is 14.1. The predicted octanol–water partition coefficient (Wildman–Crippen LogP) is 9.96. The highest BCUT2D eigenvalue weighted by atomic mass is 35.5. The van der Waals surface area contributed by atoms with E-state index < -0.39 is 36.7 Å². The van der Waals surface area contributed by atoms with Gasteiger partial charge >= 0.3 is 12.1 Å². The van der Waals surface area contributed by atoms with Gasteiger partial charge in [-0.2, -0.15) is 13.2 Å². The number of benzene rings is 4. The first kappa shape index (κ1) is 44.9. The number of pyridine rings is 1. The first-order valence-electron chi connectivity index (χ1n) is 20.5. The third-order valence-electron chi connectivity index (χ3n) is 11.7. The lowest BCUT2D eigenvalue weighted by Gasteiger charge is -2.37. The Morgan fingerprint density at radius 1 is 0.935 bits per heavy atom. The van der Waals surface area contributed by atoms with Gasteiger partial charge in [0.25, 0.3) is 0 Å². The molecule has 0 saturated heterocycles. The summed E-state index contributed by atoms with van der Waals surface area (Å²) in [5, 5.41) is 3.68. The van der Waals surface area contributed by atoms with E-state index in [4.69, 9.17) is 37.4 Å². The number of carbonyl (C=O) groups is 2. The fourth-order valence-corrected chi connectivity index (χ4v) is 8.56. The van der Waals surface area contributed by atoms with Crippen LogP contribution in [0.4, 0.5) is 13.2 Å². The minimum absolute atomic E-state index is 0.00734. The summed E-state index contributed by atoms with van der Waals surface area (Å²) in [6.45, 7) is 5.58. The van der Waals surface area contributed by atoms with Crippen molar-refractivity contribution in [1.82, 2.24) is 20.1 Å². The minimum atomic E-state index is -4.59. The summed E-state index contributed by atoms with van der Waals surface area (Å²) in [6.07, 6.45) is -2.65. The molecule has 1 aromatic heterocycles. The van der Waals surface area contributed by atoms with Crippen molar-refractivity contribution < 1.29 is 37.0 Å². The van der Waals surface area contributed by atoms with Gasteiger partial charge in [-0.1, -0.05) is 78.7 Å². The van der Waals surface area contributed by atoms with Crippen LogP contribution < -0.4 is 14.8 Å². The van der Waals surface area contributed by atoms with Crippen LogP contribution in [0.5, 0.6) is 11.5 Å². The lowest BCUT2D eigenvalue weighted by molar-refractivity contribution is -0.159. The number of aromatic nitrogens is 1. The van der Waals surface area contributed by atoms with Crippen LogP contribution >= 0.6 is 23.2 Å². The largest absolute Gasteiger partial charge is 0.486 e. The van der Waals surface area contributed by atoms with Gasteiger partial charge in [-0.3, -0.25) is 19.6 Å². The van der Waals surface area contributed by atoms with E-state index in [1.165, 1.54) is 7.11 Å². The number of hydrogen-bond donors (Lipinski definition) is 1. The SMILES string of the molecule is CC[C@@H](Oc1ccc([C@H]2CN(C)Cc3cc4c(cc3O2)CN(CC(F)(F)F)[C@H](C(=O)N[C@@H](Cc2ccc(-c3ccnc(C)c3C)cc2)C(=O)OC)C4)cc1)c1ccc(Cl)c(Cl)c1. The van der Waals surface area contributed by atoms with E-state index in [0.717, 1.165) is 55.1 Å². The number of carbonyl (C=O) groups excluding carboxylic acids is 2. The molecule has 4 aromatic carbocycles. The molecule has 3 heterocycles. The summed E-state index contributed by atoms with van der Waals surface area (Å²) in [5.41, 5.74) is 8.77. The number of methoxy groups -OCH3 is 1. The molecule has 0 aliphatic carbocycles. The van der Waals surface area contributed by atoms with Gasteiger partial charge in [-0.15, -0.1) is 0 Å². The quantitative estimate of drug-likeness (QED) is 0.124. The van der Waals surface area contributed by atoms with Crippen molar-refractivity contribution in [2.45, 2.75) is 83.6 Å². The molecule has 14 heteroatoms. The number of alkyl halides is 3. The average molecular weight is 890 g/mol. The van der Waals surface area contributed by atoms with E-state index in [1.807, 2.05) is 107 Å². The highest BCUT2D eigenvalue weighted by Crippen LogP contribution is 2.38. The monoisotopic (exact) mass is 888 g/mol. The normalized spacial score (nSPS) is 17.8. The number of nitrogens with one attached hydrogen (secondary N) is 1. The number of ether oxygens (including phenoxy) is 3. The summed E-state index contributed by atoms with van der Waals surface area (Å²) < 4.78 is 60.4. The second-order valence-corrected chi connectivity index (χ2v) is 16.9. The molecule has 4 atom stereocenters. The lowest BCUT2D eigenvalue weighted by Crippen LogP contribution is -2.56. The smallest absolute Gasteiger partial charge is 0.401 e. The molecule has 0 saturated carbocycles. The number of nitrogens with zero attached hydrogens (tertiary/aromatic N) is 3. The summed E-state index contributed by atoms with van der Waals surface area (Å²) in [7, 11) is 3.20. The second-order valence-electron chi connectivity index (χ2n) is 16.1. The van der Waals surface area contributed by atoms with Crippen LogP contribution in [0.25, 0.3) is 11.1 Å². The van der Waals surface area contributed by atoms with Gasteiger partial charge in [0.15, 0.2) is 0 Å². The van der Waals surface area contributed by atoms with Crippen molar-refractivity contribution >= 4 is 35.1 Å². The van der Waals surface area contributed by atoms with Gasteiger partial charge in [-0.25, -0.2) is 4.79 Å². The van der Waals surface area contributed by atoms with Gasteiger partial charge in [0.1, 0.15) is 29.7 Å². The first-order valence-corrected chi connectivity index (χ1v) is 21.3. The Balaban J connectivity index is 1.08. The molecular formula is C48H49Cl2F3N4O5. The molecule has 1 amide bonds. The molecule has 0 radical (unpaired) electrons. The number of esters is 1. The molecule has 5 aromatic rings. The average Bonchev–Trinajstić information content (AvgIpc) is 3.40. The highest BCUT2D eigenvalue weighted by molar-refractivity contribution is 6.42. The Bertz CT molecular complexity index is 2410. The molecule has 0 unspecified atom stereocenters. The number of hydrogen-bond acceptors (Lipinski definition) is 8. The number of rotatable bonds is 12. The van der Waals surface area contributed by atoms with Crippen LogP contribution in [0.15, 0.2) is 91.1 Å². The zero-order valence-corrected chi connectivity index (χ0v) is 36.7. The summed E-state index contributed by atoms with van der Waals surface area (Å²) in [6, 6.07) is 24.1. The Hall–Kier alpha value is -5.14. The Morgan fingerprint density at radius 2 is 1.68 bits per heavy atom. The fraction of sp³-hybridized carbons (Fsp3) is 0.354. The number of fused-ring (bicyclic) bond motifs is 2. The van der Waals surface area contributed by atoms with Crippen molar-refractivity contribution in [1.29, 1.82) is 0 Å². The van der Waals surface area contributed by atoms with Crippen LogP contribution in [-0.2, 0) is 40.3 Å². The molecule has 326 valence electrons. The topological polar surface area (TPSA) is 93.2 Å². The molecule has 62 heavy (non-hydrogen) atoms. The van der Waals surface area contributed by atoms with Crippen molar-refractivity contribution in [3.63, 3.8) is 0 Å². The van der Waals surface area contributed by atoms with E-state index in [1.54, 1.807) is 12.3 Å². The van der Waals surface area contributed by atoms with Crippen LogP contribution in [0.2, 0.25) is 10.0 Å². The predicted molar refractivity (Wildman–Crippen MR) is 233 cm³/mol. The van der Waals surface area contributed by atoms with Gasteiger partial charge in [-0.05, 0) is 115 Å². The highest BCUT2D eigenvalue weighted by Gasteiger charge is 2.41. The summed E-state index contributed by atoms with van der Waals surface area (Å²) >= 11 is 12.4. The number of aryl methyl sites for hydroxylation is 1. The van der Waals surface area contributed by atoms with Crippen molar-refractivity contribution in [3.05, 3.63) is 146 Å². The molecule has 2 aliphatic rings. The number of halogens is 5. The van der Waals surface area contributed by atoms with E-state index in [0.29, 0.717) is 46.6 Å². The third kappa shape index (κ3) is 10.5. The van der Waals surface area contributed by atoms with E-state index in [2.05, 4.69) is 15.2 Å². The number of likely N-dealkylation sites (N-methyl/N-ethyl adjacent to an activating group) is 1. The standard InChI is InChI=1S/C48H49Cl2F3N4O5/c1-6-43(33-13-16-39(49)40(50)21-33)61-37-14-11-32(12-15-37)45-26-56(4)24-36-20-34-22-42(57(27-48(51,52)53)25-35(34)23-44(36)62-45)46(58)55-41(47(59)60-5)19-30-7-9-31(10-8-30)38-17-18-54-29(3)28(38)2/h7-18,20-21,23,41-43,45H,6,19,22,24-27H2,1-5H3,(H,55,58)/t41-,42-,43+,45+/m0/s1. The van der Waals surface area contributed by atoms with Crippen LogP contribution in [-0.4, -0.2) is 72.2 Å². The Morgan fingerprint density at radius 3 is 2.35 bits per heavy atom. The number of amides is 1. The zero-order valence-electron chi connectivity index (χ0n) is 35.2. The second kappa shape index (κ2) is 19.1. The van der Waals surface area contributed by atoms with Crippen molar-refractivity contribution in [3.8, 4) is 22.6 Å². The molecule has 2 aliphatic heterocycles. The molecule has 0 bridgehead atoms. The van der Waals surface area contributed by atoms with Gasteiger partial charge in [0.05, 0.1) is 29.7 Å². The van der Waals surface area contributed by atoms with E-state index >= 15 is 0 Å². The Kier molecular flexibility index (Phi) is 13.8. The zero-order chi connectivity index (χ0) is 44.3. The fourth-order valence-electron chi connectivity index (χ4n) is 8.25. The minimum Gasteiger partial charge on any atom is -0.486 e. The summed E-state index contributed by atoms with van der Waals surface area (Å²) in [5.74, 6) is -0.139. The van der Waals surface area contributed by atoms with Gasteiger partial charge in [0.2, 0.25) is 5.91 Å². The van der Waals surface area contributed by atoms with Gasteiger partial charge < -0.3 is 19.5 Å². The molecule has 7 rings (SSSR count). The lowest BCUT2D eigenvalue weighted by atomic mass is 9.90. The molecule has 0 fully saturated rings. The Labute approximate surface area is 370 Å². The molecule has 0 spiro atoms. The molecule has 1 N–H and O–H groups in total. The maximum Gasteiger partial charge on any atom is 0.401 e. The van der Waals surface area contributed by atoms with Crippen LogP contribution in [0.1, 0.15) is 70.2 Å². The van der Waals surface area contributed by atoms with E-state index in [-0.39, 0.29) is 31.6 Å². The van der Waals surface area contributed by atoms with E-state index in [9.17, 15) is 22.8 Å². The first-order chi connectivity index (χ1) is 29.6. The van der Waals surface area contributed by atoms with Crippen molar-refractivity contribution in [2.75, 3.05) is 27.2 Å². The van der Waals surface area contributed by atoms with Crippen LogP contribution in [0, 0.1) is 13.8 Å². The van der Waals surface area contributed by atoms with Gasteiger partial charge in [0, 0.05) is 43.5 Å². The van der Waals surface area contributed by atoms with Crippen molar-refractivity contribution in [2.24, 2.45) is 0 Å². The molecule has 9 nitrogen and oxygen atoms in total. The van der Waals surface area contributed by atoms with Crippen LogP contribution in [0.3, 0.4) is 0 Å². The summed E-state index contributed by atoms with van der Waals surface area (Å²) in [4.78, 5) is 34.7.